The van der Waals surface area contributed by atoms with Crippen LogP contribution in [0.25, 0.3) is 0 Å². The molecular weight excluding hydrogens is 226 g/mol. The van der Waals surface area contributed by atoms with Gasteiger partial charge < -0.3 is 14.8 Å². The summed E-state index contributed by atoms with van der Waals surface area (Å²) in [4.78, 5) is 0. The number of ether oxygens (including phenoxy) is 2. The number of rotatable bonds is 5. The SMILES string of the molecule is COC1(OC)CCC(NCc2ccccc2)CC1. The van der Waals surface area contributed by atoms with E-state index in [2.05, 4.69) is 35.6 Å². The fourth-order valence-electron chi connectivity index (χ4n) is 2.61. The van der Waals surface area contributed by atoms with Crippen LogP contribution in [-0.4, -0.2) is 26.0 Å². The lowest BCUT2D eigenvalue weighted by Crippen LogP contribution is -2.43. The second-order valence-corrected chi connectivity index (χ2v) is 4.96. The third-order valence-electron chi connectivity index (χ3n) is 3.93. The molecule has 1 saturated carbocycles. The van der Waals surface area contributed by atoms with Gasteiger partial charge in [0.05, 0.1) is 0 Å². The van der Waals surface area contributed by atoms with Crippen LogP contribution in [0.3, 0.4) is 0 Å². The second kappa shape index (κ2) is 6.32. The summed E-state index contributed by atoms with van der Waals surface area (Å²) in [5, 5.41) is 3.61. The minimum absolute atomic E-state index is 0.342. The van der Waals surface area contributed by atoms with E-state index in [4.69, 9.17) is 9.47 Å². The highest BCUT2D eigenvalue weighted by Gasteiger charge is 2.34. The van der Waals surface area contributed by atoms with Crippen LogP contribution in [0.15, 0.2) is 30.3 Å². The van der Waals surface area contributed by atoms with Crippen molar-refractivity contribution < 1.29 is 9.47 Å². The largest absolute Gasteiger partial charge is 0.353 e. The van der Waals surface area contributed by atoms with Crippen molar-refractivity contribution in [2.75, 3.05) is 14.2 Å². The maximum absolute atomic E-state index is 5.49. The van der Waals surface area contributed by atoms with Crippen molar-refractivity contribution in [1.82, 2.24) is 5.32 Å². The van der Waals surface area contributed by atoms with Crippen molar-refractivity contribution in [2.45, 2.75) is 44.1 Å². The molecule has 3 heteroatoms. The summed E-state index contributed by atoms with van der Waals surface area (Å²) >= 11 is 0. The molecule has 1 aliphatic carbocycles. The van der Waals surface area contributed by atoms with Crippen molar-refractivity contribution in [3.63, 3.8) is 0 Å². The number of methoxy groups -OCH3 is 2. The van der Waals surface area contributed by atoms with Gasteiger partial charge in [-0.3, -0.25) is 0 Å². The molecule has 1 aromatic rings. The van der Waals surface area contributed by atoms with Crippen LogP contribution in [0.5, 0.6) is 0 Å². The Kier molecular flexibility index (Phi) is 4.75. The minimum Gasteiger partial charge on any atom is -0.353 e. The molecule has 0 amide bonds. The third kappa shape index (κ3) is 3.31. The van der Waals surface area contributed by atoms with Gasteiger partial charge in [0.15, 0.2) is 5.79 Å². The van der Waals surface area contributed by atoms with Crippen LogP contribution < -0.4 is 5.32 Å². The quantitative estimate of drug-likeness (QED) is 0.814. The predicted octanol–water partition coefficient (Wildman–Crippen LogP) is 2.71. The number of benzene rings is 1. The predicted molar refractivity (Wildman–Crippen MR) is 72.3 cm³/mol. The van der Waals surface area contributed by atoms with Gasteiger partial charge in [0, 0.05) is 39.6 Å². The fraction of sp³-hybridized carbons (Fsp3) is 0.600. The van der Waals surface area contributed by atoms with E-state index in [1.807, 2.05) is 0 Å². The van der Waals surface area contributed by atoms with E-state index in [1.165, 1.54) is 5.56 Å². The van der Waals surface area contributed by atoms with Gasteiger partial charge in [-0.1, -0.05) is 30.3 Å². The molecule has 0 bridgehead atoms. The molecule has 0 atom stereocenters. The number of nitrogens with one attached hydrogen (secondary N) is 1. The van der Waals surface area contributed by atoms with E-state index in [-0.39, 0.29) is 5.79 Å². The highest BCUT2D eigenvalue weighted by Crippen LogP contribution is 2.31. The Labute approximate surface area is 109 Å². The Morgan fingerprint density at radius 2 is 1.72 bits per heavy atom. The van der Waals surface area contributed by atoms with Gasteiger partial charge in [0.2, 0.25) is 0 Å². The smallest absolute Gasteiger partial charge is 0.167 e. The van der Waals surface area contributed by atoms with Crippen LogP contribution in [-0.2, 0) is 16.0 Å². The number of hydrogen-bond donors (Lipinski definition) is 1. The molecule has 100 valence electrons. The first-order valence-electron chi connectivity index (χ1n) is 6.65. The topological polar surface area (TPSA) is 30.5 Å². The second-order valence-electron chi connectivity index (χ2n) is 4.96. The normalized spacial score (nSPS) is 19.9. The summed E-state index contributed by atoms with van der Waals surface area (Å²) in [6.45, 7) is 0.943. The van der Waals surface area contributed by atoms with Gasteiger partial charge in [-0.2, -0.15) is 0 Å². The first-order valence-corrected chi connectivity index (χ1v) is 6.65. The molecule has 1 aliphatic rings. The summed E-state index contributed by atoms with van der Waals surface area (Å²) in [6.07, 6.45) is 4.14. The standard InChI is InChI=1S/C15H23NO2/c1-17-15(18-2)10-8-14(9-11-15)16-12-13-6-4-3-5-7-13/h3-7,14,16H,8-12H2,1-2H3. The monoisotopic (exact) mass is 249 g/mol. The zero-order valence-corrected chi connectivity index (χ0v) is 11.3. The molecule has 18 heavy (non-hydrogen) atoms. The average Bonchev–Trinajstić information content (AvgIpc) is 2.47. The first kappa shape index (κ1) is 13.5. The van der Waals surface area contributed by atoms with Crippen LogP contribution in [0.2, 0.25) is 0 Å². The zero-order chi connectivity index (χ0) is 12.8. The first-order chi connectivity index (χ1) is 8.78. The van der Waals surface area contributed by atoms with Gasteiger partial charge in [-0.15, -0.1) is 0 Å². The lowest BCUT2D eigenvalue weighted by atomic mass is 9.90. The van der Waals surface area contributed by atoms with Crippen LogP contribution >= 0.6 is 0 Å². The van der Waals surface area contributed by atoms with Crippen LogP contribution in [0.4, 0.5) is 0 Å². The molecule has 1 fully saturated rings. The summed E-state index contributed by atoms with van der Waals surface area (Å²) in [5.74, 6) is -0.342. The van der Waals surface area contributed by atoms with Crippen LogP contribution in [0, 0.1) is 0 Å². The van der Waals surface area contributed by atoms with Crippen LogP contribution in [0.1, 0.15) is 31.2 Å². The highest BCUT2D eigenvalue weighted by molar-refractivity contribution is 5.14. The molecule has 0 spiro atoms. The van der Waals surface area contributed by atoms with Crippen molar-refractivity contribution >= 4 is 0 Å². The van der Waals surface area contributed by atoms with Crippen molar-refractivity contribution in [2.24, 2.45) is 0 Å². The van der Waals surface area contributed by atoms with Crippen molar-refractivity contribution in [1.29, 1.82) is 0 Å². The van der Waals surface area contributed by atoms with E-state index >= 15 is 0 Å². The maximum Gasteiger partial charge on any atom is 0.167 e. The van der Waals surface area contributed by atoms with Gasteiger partial charge in [-0.05, 0) is 18.4 Å². The molecular formula is C15H23NO2. The maximum atomic E-state index is 5.49. The Morgan fingerprint density at radius 3 is 2.28 bits per heavy atom. The molecule has 3 nitrogen and oxygen atoms in total. The molecule has 2 rings (SSSR count). The highest BCUT2D eigenvalue weighted by atomic mass is 16.7. The zero-order valence-electron chi connectivity index (χ0n) is 11.3. The third-order valence-corrected chi connectivity index (χ3v) is 3.93. The van der Waals surface area contributed by atoms with E-state index < -0.39 is 0 Å². The molecule has 0 heterocycles. The Balaban J connectivity index is 1.77. The Morgan fingerprint density at radius 1 is 1.11 bits per heavy atom. The Bertz CT molecular complexity index is 339. The molecule has 1 aromatic carbocycles. The molecule has 0 unspecified atom stereocenters. The average molecular weight is 249 g/mol. The van der Waals surface area contributed by atoms with E-state index in [9.17, 15) is 0 Å². The van der Waals surface area contributed by atoms with Gasteiger partial charge in [-0.25, -0.2) is 0 Å². The molecule has 0 radical (unpaired) electrons. The summed E-state index contributed by atoms with van der Waals surface area (Å²) in [6, 6.07) is 11.1. The van der Waals surface area contributed by atoms with Gasteiger partial charge >= 0.3 is 0 Å². The molecule has 0 saturated heterocycles. The Hall–Kier alpha value is -0.900. The van der Waals surface area contributed by atoms with Crippen molar-refractivity contribution in [3.05, 3.63) is 35.9 Å². The molecule has 0 aromatic heterocycles. The van der Waals surface area contributed by atoms with Crippen molar-refractivity contribution in [3.8, 4) is 0 Å². The fourth-order valence-corrected chi connectivity index (χ4v) is 2.61. The lowest BCUT2D eigenvalue weighted by molar-refractivity contribution is -0.225. The molecule has 0 aliphatic heterocycles. The van der Waals surface area contributed by atoms with Gasteiger partial charge in [0.1, 0.15) is 0 Å². The summed E-state index contributed by atoms with van der Waals surface area (Å²) in [5.41, 5.74) is 1.34. The summed E-state index contributed by atoms with van der Waals surface area (Å²) in [7, 11) is 3.47. The molecule has 1 N–H and O–H groups in total. The van der Waals surface area contributed by atoms with E-state index in [0.29, 0.717) is 6.04 Å². The van der Waals surface area contributed by atoms with E-state index in [0.717, 1.165) is 32.2 Å². The minimum atomic E-state index is -0.342. The van der Waals surface area contributed by atoms with Gasteiger partial charge in [0.25, 0.3) is 0 Å². The van der Waals surface area contributed by atoms with E-state index in [1.54, 1.807) is 14.2 Å². The summed E-state index contributed by atoms with van der Waals surface area (Å²) < 4.78 is 11.0. The lowest BCUT2D eigenvalue weighted by Gasteiger charge is -2.38. The number of hydrogen-bond acceptors (Lipinski definition) is 3.